The normalized spacial score (nSPS) is 21.1. The molecule has 0 radical (unpaired) electrons. The number of rotatable bonds is 8. The molecule has 0 amide bonds. The highest BCUT2D eigenvalue weighted by atomic mass is 127. The van der Waals surface area contributed by atoms with Crippen LogP contribution in [0, 0.1) is 6.92 Å². The van der Waals surface area contributed by atoms with E-state index in [9.17, 15) is 0 Å². The van der Waals surface area contributed by atoms with Crippen LogP contribution in [-0.4, -0.2) is 72.5 Å². The van der Waals surface area contributed by atoms with E-state index in [4.69, 9.17) is 9.47 Å². The Morgan fingerprint density at radius 1 is 1.28 bits per heavy atom. The number of aryl methyl sites for hydroxylation is 2. The van der Waals surface area contributed by atoms with Crippen LogP contribution in [-0.2, 0) is 16.0 Å². The summed E-state index contributed by atoms with van der Waals surface area (Å²) in [5.74, 6) is 2.11. The van der Waals surface area contributed by atoms with E-state index in [0.717, 1.165) is 83.3 Å². The Balaban J connectivity index is 0.00000300. The first-order chi connectivity index (χ1) is 13.8. The Kier molecular flexibility index (Phi) is 11.3. The molecule has 1 atom stereocenters. The van der Waals surface area contributed by atoms with Crippen molar-refractivity contribution < 1.29 is 9.47 Å². The van der Waals surface area contributed by atoms with Gasteiger partial charge in [0.1, 0.15) is 5.82 Å². The third-order valence-electron chi connectivity index (χ3n) is 5.78. The lowest BCUT2D eigenvalue weighted by Crippen LogP contribution is -2.47. The predicted molar refractivity (Wildman–Crippen MR) is 127 cm³/mol. The van der Waals surface area contributed by atoms with Gasteiger partial charge in [-0.1, -0.05) is 0 Å². The highest BCUT2D eigenvalue weighted by molar-refractivity contribution is 14.0. The lowest BCUT2D eigenvalue weighted by molar-refractivity contribution is -0.0721. The second kappa shape index (κ2) is 13.4. The van der Waals surface area contributed by atoms with Gasteiger partial charge in [-0.3, -0.25) is 4.99 Å². The second-order valence-corrected chi connectivity index (χ2v) is 7.86. The highest BCUT2D eigenvalue weighted by Gasteiger charge is 2.23. The van der Waals surface area contributed by atoms with Gasteiger partial charge in [0, 0.05) is 52.2 Å². The molecule has 2 saturated heterocycles. The molecule has 7 nitrogen and oxygen atoms in total. The lowest BCUT2D eigenvalue weighted by Gasteiger charge is -2.35. The quantitative estimate of drug-likeness (QED) is 0.248. The molecule has 2 aliphatic heterocycles. The molecule has 1 aromatic rings. The molecular weight excluding hydrogens is 481 g/mol. The molecule has 1 aromatic heterocycles. The van der Waals surface area contributed by atoms with Crippen LogP contribution in [0.5, 0.6) is 0 Å². The standard InChI is InChI=1S/C21H37N5O2.HI/c1-18-23-11-15-25(18)12-5-4-10-24-21(22-2)26-13-8-19(9-14-26)28-17-20-7-3-6-16-27-20;/h11,15,19-20H,3-10,12-14,16-17H2,1-2H3,(H,22,24);1H. The number of imidazole rings is 1. The fourth-order valence-electron chi connectivity index (χ4n) is 4.00. The summed E-state index contributed by atoms with van der Waals surface area (Å²) in [6.45, 7) is 7.70. The van der Waals surface area contributed by atoms with E-state index in [1.54, 1.807) is 0 Å². The Morgan fingerprint density at radius 3 is 2.76 bits per heavy atom. The van der Waals surface area contributed by atoms with Gasteiger partial charge < -0.3 is 24.3 Å². The SMILES string of the molecule is CN=C(NCCCCn1ccnc1C)N1CCC(OCC2CCCCO2)CC1.I. The number of unbranched alkanes of at least 4 members (excludes halogenated alkanes) is 1. The van der Waals surface area contributed by atoms with Crippen LogP contribution < -0.4 is 5.32 Å². The molecule has 0 aromatic carbocycles. The zero-order valence-corrected chi connectivity index (χ0v) is 20.3. The number of guanidine groups is 1. The van der Waals surface area contributed by atoms with E-state index >= 15 is 0 Å². The number of piperidine rings is 1. The number of aliphatic imine (C=N–C) groups is 1. The van der Waals surface area contributed by atoms with Crippen molar-refractivity contribution in [2.45, 2.75) is 70.6 Å². The van der Waals surface area contributed by atoms with Gasteiger partial charge in [0.25, 0.3) is 0 Å². The summed E-state index contributed by atoms with van der Waals surface area (Å²) in [7, 11) is 1.88. The molecule has 8 heteroatoms. The first-order valence-electron chi connectivity index (χ1n) is 10.9. The number of hydrogen-bond acceptors (Lipinski definition) is 4. The molecule has 0 saturated carbocycles. The van der Waals surface area contributed by atoms with Crippen molar-refractivity contribution in [2.24, 2.45) is 4.99 Å². The van der Waals surface area contributed by atoms with Crippen molar-refractivity contribution in [1.82, 2.24) is 19.8 Å². The van der Waals surface area contributed by atoms with Gasteiger partial charge in [-0.05, 0) is 51.9 Å². The molecule has 0 spiro atoms. The van der Waals surface area contributed by atoms with Gasteiger partial charge in [0.05, 0.1) is 18.8 Å². The lowest BCUT2D eigenvalue weighted by atomic mass is 10.1. The number of hydrogen-bond donors (Lipinski definition) is 1. The smallest absolute Gasteiger partial charge is 0.193 e. The summed E-state index contributed by atoms with van der Waals surface area (Å²) in [5, 5.41) is 3.52. The number of halogens is 1. The van der Waals surface area contributed by atoms with E-state index in [0.29, 0.717) is 12.2 Å². The molecule has 0 aliphatic carbocycles. The maximum absolute atomic E-state index is 6.12. The molecule has 3 rings (SSSR count). The first kappa shape index (κ1) is 24.4. The first-order valence-corrected chi connectivity index (χ1v) is 10.9. The van der Waals surface area contributed by atoms with Crippen LogP contribution in [0.4, 0.5) is 0 Å². The molecule has 2 aliphatic rings. The fraction of sp³-hybridized carbons (Fsp3) is 0.810. The van der Waals surface area contributed by atoms with Crippen LogP contribution in [0.2, 0.25) is 0 Å². The topological polar surface area (TPSA) is 63.9 Å². The zero-order chi connectivity index (χ0) is 19.6. The van der Waals surface area contributed by atoms with Gasteiger partial charge in [-0.15, -0.1) is 24.0 Å². The van der Waals surface area contributed by atoms with E-state index in [1.165, 1.54) is 12.8 Å². The third kappa shape index (κ3) is 8.05. The monoisotopic (exact) mass is 519 g/mol. The minimum atomic E-state index is 0. The molecule has 2 fully saturated rings. The Labute approximate surface area is 192 Å². The van der Waals surface area contributed by atoms with Gasteiger partial charge in [-0.25, -0.2) is 4.98 Å². The van der Waals surface area contributed by atoms with Gasteiger partial charge in [-0.2, -0.15) is 0 Å². The van der Waals surface area contributed by atoms with Crippen molar-refractivity contribution in [3.8, 4) is 0 Å². The Bertz CT molecular complexity index is 596. The van der Waals surface area contributed by atoms with E-state index in [1.807, 2.05) is 19.4 Å². The Morgan fingerprint density at radius 2 is 2.10 bits per heavy atom. The summed E-state index contributed by atoms with van der Waals surface area (Å²) < 4.78 is 14.1. The van der Waals surface area contributed by atoms with Crippen LogP contribution in [0.25, 0.3) is 0 Å². The maximum Gasteiger partial charge on any atom is 0.193 e. The average molecular weight is 519 g/mol. The predicted octanol–water partition coefficient (Wildman–Crippen LogP) is 3.22. The molecule has 166 valence electrons. The zero-order valence-electron chi connectivity index (χ0n) is 18.0. The van der Waals surface area contributed by atoms with Crippen LogP contribution in [0.15, 0.2) is 17.4 Å². The summed E-state index contributed by atoms with van der Waals surface area (Å²) >= 11 is 0. The van der Waals surface area contributed by atoms with Gasteiger partial charge in [0.2, 0.25) is 0 Å². The minimum Gasteiger partial charge on any atom is -0.376 e. The number of likely N-dealkylation sites (tertiary alicyclic amines) is 1. The highest BCUT2D eigenvalue weighted by Crippen LogP contribution is 2.18. The third-order valence-corrected chi connectivity index (χ3v) is 5.78. The van der Waals surface area contributed by atoms with E-state index in [2.05, 4.69) is 31.7 Å². The minimum absolute atomic E-state index is 0. The number of nitrogens with zero attached hydrogens (tertiary/aromatic N) is 4. The maximum atomic E-state index is 6.12. The summed E-state index contributed by atoms with van der Waals surface area (Å²) in [4.78, 5) is 11.1. The summed E-state index contributed by atoms with van der Waals surface area (Å²) in [5.41, 5.74) is 0. The van der Waals surface area contributed by atoms with Crippen molar-refractivity contribution in [2.75, 3.05) is 39.9 Å². The molecule has 1 unspecified atom stereocenters. The van der Waals surface area contributed by atoms with Crippen molar-refractivity contribution >= 4 is 29.9 Å². The van der Waals surface area contributed by atoms with Crippen molar-refractivity contribution in [1.29, 1.82) is 0 Å². The molecule has 3 heterocycles. The second-order valence-electron chi connectivity index (χ2n) is 7.86. The number of nitrogens with one attached hydrogen (secondary N) is 1. The largest absolute Gasteiger partial charge is 0.376 e. The Hall–Kier alpha value is -0.870. The number of aromatic nitrogens is 2. The van der Waals surface area contributed by atoms with E-state index < -0.39 is 0 Å². The van der Waals surface area contributed by atoms with Gasteiger partial charge in [0.15, 0.2) is 5.96 Å². The van der Waals surface area contributed by atoms with Crippen molar-refractivity contribution in [3.05, 3.63) is 18.2 Å². The van der Waals surface area contributed by atoms with Crippen LogP contribution >= 0.6 is 24.0 Å². The van der Waals surface area contributed by atoms with E-state index in [-0.39, 0.29) is 24.0 Å². The molecule has 29 heavy (non-hydrogen) atoms. The van der Waals surface area contributed by atoms with Crippen LogP contribution in [0.3, 0.4) is 0 Å². The molecule has 1 N–H and O–H groups in total. The van der Waals surface area contributed by atoms with Crippen molar-refractivity contribution in [3.63, 3.8) is 0 Å². The molecular formula is C21H38IN5O2. The summed E-state index contributed by atoms with van der Waals surface area (Å²) in [6.07, 6.45) is 12.6. The fourth-order valence-corrected chi connectivity index (χ4v) is 4.00. The number of ether oxygens (including phenoxy) is 2. The average Bonchev–Trinajstić information content (AvgIpc) is 3.15. The van der Waals surface area contributed by atoms with Gasteiger partial charge >= 0.3 is 0 Å². The molecule has 0 bridgehead atoms. The van der Waals surface area contributed by atoms with Crippen LogP contribution in [0.1, 0.15) is 50.8 Å². The summed E-state index contributed by atoms with van der Waals surface area (Å²) in [6, 6.07) is 0.